The van der Waals surface area contributed by atoms with Crippen molar-refractivity contribution in [3.8, 4) is 11.8 Å². The molecule has 0 heterocycles. The first-order valence-electron chi connectivity index (χ1n) is 13.0. The number of unbranched alkanes of at least 4 members (excludes halogenated alkanes) is 1. The number of hydrogen-bond donors (Lipinski definition) is 0. The normalized spacial score (nSPS) is 32.5. The first kappa shape index (κ1) is 23.3. The molecule has 0 aromatic heterocycles. The topological polar surface area (TPSA) is 50.1 Å². The van der Waals surface area contributed by atoms with Crippen LogP contribution in [-0.2, 0) is 4.79 Å². The summed E-state index contributed by atoms with van der Waals surface area (Å²) in [5.41, 5.74) is -0.0275. The monoisotopic (exact) mass is 439 g/mol. The Hall–Kier alpha value is -1.89. The van der Waals surface area contributed by atoms with Crippen LogP contribution in [0.3, 0.4) is 0 Å². The molecule has 4 rings (SSSR count). The van der Waals surface area contributed by atoms with Gasteiger partial charge in [0.1, 0.15) is 17.6 Å². The molecule has 0 spiro atoms. The van der Waals surface area contributed by atoms with Crippen molar-refractivity contribution < 1.29 is 13.9 Å². The lowest BCUT2D eigenvalue weighted by atomic mass is 9.59. The first-order chi connectivity index (χ1) is 15.6. The molecule has 0 N–H and O–H groups in total. The Morgan fingerprint density at radius 2 is 1.84 bits per heavy atom. The Labute approximate surface area is 192 Å². The van der Waals surface area contributed by atoms with Gasteiger partial charge in [-0.3, -0.25) is 4.79 Å². The third-order valence-electron chi connectivity index (χ3n) is 8.79. The minimum Gasteiger partial charge on any atom is -0.426 e. The molecular formula is C28H38FNO2. The Balaban J connectivity index is 1.31. The average molecular weight is 440 g/mol. The molecule has 3 saturated carbocycles. The highest BCUT2D eigenvalue weighted by molar-refractivity contribution is 5.75. The molecule has 0 saturated heterocycles. The van der Waals surface area contributed by atoms with Crippen LogP contribution in [0.2, 0.25) is 0 Å². The fourth-order valence-corrected chi connectivity index (χ4v) is 7.00. The molecule has 3 nitrogen and oxygen atoms in total. The van der Waals surface area contributed by atoms with E-state index in [-0.39, 0.29) is 23.2 Å². The lowest BCUT2D eigenvalue weighted by molar-refractivity contribution is -0.144. The largest absolute Gasteiger partial charge is 0.426 e. The zero-order valence-electron chi connectivity index (χ0n) is 19.5. The van der Waals surface area contributed by atoms with E-state index in [0.29, 0.717) is 11.8 Å². The molecule has 4 unspecified atom stereocenters. The fraction of sp³-hybridized carbons (Fsp3) is 0.714. The maximum atomic E-state index is 13.9. The van der Waals surface area contributed by atoms with Crippen LogP contribution in [0.1, 0.15) is 96.0 Å². The number of ether oxygens (including phenoxy) is 1. The van der Waals surface area contributed by atoms with Gasteiger partial charge in [-0.25, -0.2) is 4.39 Å². The minimum atomic E-state index is -0.635. The van der Waals surface area contributed by atoms with E-state index >= 15 is 0 Å². The molecule has 0 aliphatic heterocycles. The smallest absolute Gasteiger partial charge is 0.314 e. The van der Waals surface area contributed by atoms with Gasteiger partial charge in [-0.15, -0.1) is 0 Å². The summed E-state index contributed by atoms with van der Waals surface area (Å²) in [6.07, 6.45) is 16.6. The molecule has 4 heteroatoms. The quantitative estimate of drug-likeness (QED) is 0.342. The number of benzene rings is 1. The Morgan fingerprint density at radius 3 is 2.56 bits per heavy atom. The minimum absolute atomic E-state index is 0.0275. The fourth-order valence-electron chi connectivity index (χ4n) is 7.00. The highest BCUT2D eigenvalue weighted by Gasteiger charge is 2.43. The third kappa shape index (κ3) is 5.36. The molecule has 0 amide bonds. The molecule has 1 aromatic carbocycles. The van der Waals surface area contributed by atoms with Crippen LogP contribution in [0.4, 0.5) is 4.39 Å². The number of carbonyl (C=O) groups is 1. The van der Waals surface area contributed by atoms with Crippen LogP contribution in [0, 0.1) is 52.7 Å². The van der Waals surface area contributed by atoms with Crippen molar-refractivity contribution in [1.29, 1.82) is 5.26 Å². The predicted octanol–water partition coefficient (Wildman–Crippen LogP) is 7.43. The number of nitrogens with zero attached hydrogens (tertiary/aromatic N) is 1. The second kappa shape index (κ2) is 10.8. The Kier molecular flexibility index (Phi) is 7.87. The lowest BCUT2D eigenvalue weighted by Gasteiger charge is -2.46. The van der Waals surface area contributed by atoms with E-state index in [2.05, 4.69) is 6.92 Å². The Morgan fingerprint density at radius 1 is 1.06 bits per heavy atom. The van der Waals surface area contributed by atoms with Crippen molar-refractivity contribution >= 4 is 5.97 Å². The highest BCUT2D eigenvalue weighted by Crippen LogP contribution is 2.50. The van der Waals surface area contributed by atoms with Gasteiger partial charge in [0.15, 0.2) is 0 Å². The number of nitriles is 1. The summed E-state index contributed by atoms with van der Waals surface area (Å²) >= 11 is 0. The second-order valence-corrected chi connectivity index (χ2v) is 10.6. The van der Waals surface area contributed by atoms with Crippen LogP contribution in [0.25, 0.3) is 0 Å². The summed E-state index contributed by atoms with van der Waals surface area (Å²) in [6.45, 7) is 2.29. The van der Waals surface area contributed by atoms with Gasteiger partial charge in [-0.2, -0.15) is 5.26 Å². The summed E-state index contributed by atoms with van der Waals surface area (Å²) in [6, 6.07) is 5.86. The van der Waals surface area contributed by atoms with Crippen LogP contribution in [-0.4, -0.2) is 5.97 Å². The number of halogens is 1. The molecule has 0 radical (unpaired) electrons. The summed E-state index contributed by atoms with van der Waals surface area (Å²) in [4.78, 5) is 13.0. The summed E-state index contributed by atoms with van der Waals surface area (Å²) in [7, 11) is 0. The summed E-state index contributed by atoms with van der Waals surface area (Å²) in [5.74, 6) is 3.03. The van der Waals surface area contributed by atoms with E-state index in [1.807, 2.05) is 0 Å². The third-order valence-corrected chi connectivity index (χ3v) is 8.79. The van der Waals surface area contributed by atoms with Crippen LogP contribution in [0.5, 0.6) is 5.75 Å². The van der Waals surface area contributed by atoms with Gasteiger partial charge in [0.05, 0.1) is 11.5 Å². The molecule has 174 valence electrons. The molecule has 1 aromatic rings. The van der Waals surface area contributed by atoms with Gasteiger partial charge in [-0.05, 0) is 80.2 Å². The molecular weight excluding hydrogens is 401 g/mol. The maximum Gasteiger partial charge on any atom is 0.314 e. The molecule has 32 heavy (non-hydrogen) atoms. The van der Waals surface area contributed by atoms with Crippen molar-refractivity contribution in [2.75, 3.05) is 0 Å². The van der Waals surface area contributed by atoms with Crippen LogP contribution in [0.15, 0.2) is 18.2 Å². The number of esters is 1. The van der Waals surface area contributed by atoms with Crippen LogP contribution < -0.4 is 4.74 Å². The van der Waals surface area contributed by atoms with E-state index in [1.165, 1.54) is 76.3 Å². The maximum absolute atomic E-state index is 13.9. The van der Waals surface area contributed by atoms with Crippen molar-refractivity contribution in [3.63, 3.8) is 0 Å². The van der Waals surface area contributed by atoms with Gasteiger partial charge in [0, 0.05) is 6.07 Å². The standard InChI is InChI=1S/C28H38FNO2/c1-2-3-5-19-8-10-20(11-9-19)21-13-15-25-22(16-21)6-4-7-26(25)28(31)32-24-14-12-23(18-30)27(29)17-24/h12,14,17,19-22,25-26H,2-11,13,15-16H2,1H3. The zero-order valence-corrected chi connectivity index (χ0v) is 19.5. The van der Waals surface area contributed by atoms with E-state index in [0.717, 1.165) is 43.1 Å². The Bertz CT molecular complexity index is 823. The van der Waals surface area contributed by atoms with Crippen molar-refractivity contribution in [2.45, 2.75) is 90.4 Å². The number of carbonyl (C=O) groups excluding carboxylic acids is 1. The van der Waals surface area contributed by atoms with Gasteiger partial charge >= 0.3 is 5.97 Å². The SMILES string of the molecule is CCCCC1CCC(C2CCC3C(CCCC3C(=O)Oc3ccc(C#N)c(F)c3)C2)CC1. The lowest BCUT2D eigenvalue weighted by Crippen LogP contribution is -2.40. The molecule has 0 bridgehead atoms. The van der Waals surface area contributed by atoms with Gasteiger partial charge < -0.3 is 4.74 Å². The van der Waals surface area contributed by atoms with Gasteiger partial charge in [0.2, 0.25) is 0 Å². The van der Waals surface area contributed by atoms with Crippen molar-refractivity contribution in [3.05, 3.63) is 29.6 Å². The average Bonchev–Trinajstić information content (AvgIpc) is 2.82. The molecule has 3 aliphatic rings. The van der Waals surface area contributed by atoms with E-state index in [1.54, 1.807) is 6.07 Å². The summed E-state index contributed by atoms with van der Waals surface area (Å²) in [5, 5.41) is 8.89. The second-order valence-electron chi connectivity index (χ2n) is 10.6. The number of fused-ring (bicyclic) bond motifs is 1. The molecule has 3 aliphatic carbocycles. The number of rotatable bonds is 6. The van der Waals surface area contributed by atoms with Gasteiger partial charge in [0.25, 0.3) is 0 Å². The molecule has 3 fully saturated rings. The van der Waals surface area contributed by atoms with E-state index in [4.69, 9.17) is 10.00 Å². The van der Waals surface area contributed by atoms with Crippen LogP contribution >= 0.6 is 0 Å². The van der Waals surface area contributed by atoms with Crippen molar-refractivity contribution in [2.24, 2.45) is 35.5 Å². The summed E-state index contributed by atoms with van der Waals surface area (Å²) < 4.78 is 19.5. The van der Waals surface area contributed by atoms with E-state index in [9.17, 15) is 9.18 Å². The first-order valence-corrected chi connectivity index (χ1v) is 13.0. The predicted molar refractivity (Wildman–Crippen MR) is 123 cm³/mol. The zero-order chi connectivity index (χ0) is 22.5. The van der Waals surface area contributed by atoms with E-state index < -0.39 is 5.82 Å². The molecule has 4 atom stereocenters. The van der Waals surface area contributed by atoms with Gasteiger partial charge in [-0.1, -0.05) is 51.9 Å². The number of hydrogen-bond acceptors (Lipinski definition) is 3. The van der Waals surface area contributed by atoms with Crippen molar-refractivity contribution in [1.82, 2.24) is 0 Å². The highest BCUT2D eigenvalue weighted by atomic mass is 19.1.